The van der Waals surface area contributed by atoms with Gasteiger partial charge >= 0.3 is 0 Å². The van der Waals surface area contributed by atoms with Crippen molar-refractivity contribution in [2.24, 2.45) is 5.92 Å². The van der Waals surface area contributed by atoms with Gasteiger partial charge in [-0.15, -0.1) is 12.4 Å². The van der Waals surface area contributed by atoms with Crippen molar-refractivity contribution in [3.8, 4) is 0 Å². The lowest BCUT2D eigenvalue weighted by Crippen LogP contribution is -2.33. The third-order valence-corrected chi connectivity index (χ3v) is 5.66. The van der Waals surface area contributed by atoms with Gasteiger partial charge in [-0.05, 0) is 62.5 Å². The molecule has 0 bridgehead atoms. The fourth-order valence-corrected chi connectivity index (χ4v) is 4.22. The van der Waals surface area contributed by atoms with Crippen molar-refractivity contribution in [1.82, 2.24) is 15.0 Å². The lowest BCUT2D eigenvalue weighted by molar-refractivity contribution is 0.358. The summed E-state index contributed by atoms with van der Waals surface area (Å²) in [5.41, 5.74) is 0.696. The summed E-state index contributed by atoms with van der Waals surface area (Å²) < 4.78 is 27.8. The van der Waals surface area contributed by atoms with E-state index in [0.29, 0.717) is 28.3 Å². The van der Waals surface area contributed by atoms with E-state index in [9.17, 15) is 8.42 Å². The molecular weight excluding hydrogens is 334 g/mol. The van der Waals surface area contributed by atoms with Gasteiger partial charge in [0.2, 0.25) is 10.0 Å². The molecule has 2 aromatic rings. The number of fused-ring (bicyclic) bond motifs is 1. The molecule has 3 rings (SSSR count). The molecule has 5 nitrogen and oxygen atoms in total. The molecule has 1 atom stereocenters. The Morgan fingerprint density at radius 2 is 2.13 bits per heavy atom. The predicted molar refractivity (Wildman–Crippen MR) is 94.4 cm³/mol. The van der Waals surface area contributed by atoms with Gasteiger partial charge in [0, 0.05) is 18.1 Å². The summed E-state index contributed by atoms with van der Waals surface area (Å²) in [6.45, 7) is 2.54. The number of hydrogen-bond acceptors (Lipinski definition) is 4. The number of nitrogens with zero attached hydrogens (tertiary/aromatic N) is 1. The second kappa shape index (κ2) is 8.06. The van der Waals surface area contributed by atoms with Gasteiger partial charge in [0.05, 0.1) is 10.4 Å². The standard InChI is InChI=1S/C16H21N3O2S.ClH/c20-22(21,19-11-8-13-4-2-9-17-12-13)16-7-1-6-15-14(16)5-3-10-18-15;/h1,3,5-7,10,13,17,19H,2,4,8-9,11-12H2;1H. The lowest BCUT2D eigenvalue weighted by Gasteiger charge is -2.22. The van der Waals surface area contributed by atoms with Crippen molar-refractivity contribution >= 4 is 33.3 Å². The first kappa shape index (κ1) is 18.1. The molecule has 0 amide bonds. The molecule has 0 saturated carbocycles. The summed E-state index contributed by atoms with van der Waals surface area (Å²) in [5, 5.41) is 4.02. The summed E-state index contributed by atoms with van der Waals surface area (Å²) in [6, 6.07) is 8.74. The molecule has 2 N–H and O–H groups in total. The Morgan fingerprint density at radius 3 is 2.91 bits per heavy atom. The minimum Gasteiger partial charge on any atom is -0.316 e. The van der Waals surface area contributed by atoms with E-state index in [1.807, 2.05) is 6.07 Å². The van der Waals surface area contributed by atoms with Crippen LogP contribution in [0.25, 0.3) is 10.9 Å². The fourth-order valence-electron chi connectivity index (χ4n) is 2.96. The van der Waals surface area contributed by atoms with E-state index in [1.54, 1.807) is 30.5 Å². The molecule has 7 heteroatoms. The van der Waals surface area contributed by atoms with Crippen LogP contribution in [0.1, 0.15) is 19.3 Å². The second-order valence-corrected chi connectivity index (χ2v) is 7.46. The van der Waals surface area contributed by atoms with Gasteiger partial charge < -0.3 is 5.32 Å². The van der Waals surface area contributed by atoms with Crippen molar-refractivity contribution in [1.29, 1.82) is 0 Å². The smallest absolute Gasteiger partial charge is 0.241 e. The first-order chi connectivity index (χ1) is 10.7. The molecule has 1 aliphatic rings. The number of nitrogens with one attached hydrogen (secondary N) is 2. The molecule has 126 valence electrons. The molecule has 0 aliphatic carbocycles. The number of pyridine rings is 1. The van der Waals surface area contributed by atoms with Crippen LogP contribution in [0.5, 0.6) is 0 Å². The van der Waals surface area contributed by atoms with E-state index in [2.05, 4.69) is 15.0 Å². The zero-order chi connectivity index (χ0) is 15.4. The van der Waals surface area contributed by atoms with E-state index in [-0.39, 0.29) is 12.4 Å². The SMILES string of the molecule is Cl.O=S(=O)(NCCC1CCCNC1)c1cccc2ncccc12. The molecule has 1 unspecified atom stereocenters. The Kier molecular flexibility index (Phi) is 6.35. The average molecular weight is 356 g/mol. The molecular formula is C16H22ClN3O2S. The van der Waals surface area contributed by atoms with Crippen LogP contribution in [-0.4, -0.2) is 33.0 Å². The molecule has 1 aliphatic heterocycles. The first-order valence-electron chi connectivity index (χ1n) is 7.71. The minimum absolute atomic E-state index is 0. The third kappa shape index (κ3) is 4.41. The zero-order valence-corrected chi connectivity index (χ0v) is 14.5. The van der Waals surface area contributed by atoms with Gasteiger partial charge in [0.15, 0.2) is 0 Å². The van der Waals surface area contributed by atoms with Gasteiger partial charge in [0.25, 0.3) is 0 Å². The maximum absolute atomic E-state index is 12.5. The normalized spacial score (nSPS) is 18.5. The molecule has 0 radical (unpaired) electrons. The van der Waals surface area contributed by atoms with Gasteiger partial charge in [-0.3, -0.25) is 4.98 Å². The third-order valence-electron chi connectivity index (χ3n) is 4.14. The number of rotatable bonds is 5. The Balaban J connectivity index is 0.00000192. The van der Waals surface area contributed by atoms with Crippen LogP contribution < -0.4 is 10.0 Å². The van der Waals surface area contributed by atoms with E-state index < -0.39 is 10.0 Å². The van der Waals surface area contributed by atoms with Crippen molar-refractivity contribution in [2.75, 3.05) is 19.6 Å². The summed E-state index contributed by atoms with van der Waals surface area (Å²) in [4.78, 5) is 4.51. The number of hydrogen-bond donors (Lipinski definition) is 2. The topological polar surface area (TPSA) is 71.1 Å². The molecule has 2 heterocycles. The van der Waals surface area contributed by atoms with Crippen LogP contribution >= 0.6 is 12.4 Å². The van der Waals surface area contributed by atoms with Gasteiger partial charge in [-0.2, -0.15) is 0 Å². The van der Waals surface area contributed by atoms with Crippen molar-refractivity contribution in [2.45, 2.75) is 24.2 Å². The predicted octanol–water partition coefficient (Wildman–Crippen LogP) is 2.32. The summed E-state index contributed by atoms with van der Waals surface area (Å²) >= 11 is 0. The van der Waals surface area contributed by atoms with Gasteiger partial charge in [0.1, 0.15) is 0 Å². The summed E-state index contributed by atoms with van der Waals surface area (Å²) in [6.07, 6.45) is 4.89. The molecule has 23 heavy (non-hydrogen) atoms. The quantitative estimate of drug-likeness (QED) is 0.863. The van der Waals surface area contributed by atoms with Crippen LogP contribution in [0.2, 0.25) is 0 Å². The Labute approximate surface area is 143 Å². The van der Waals surface area contributed by atoms with E-state index in [4.69, 9.17) is 0 Å². The number of benzene rings is 1. The van der Waals surface area contributed by atoms with Gasteiger partial charge in [-0.25, -0.2) is 13.1 Å². The van der Waals surface area contributed by atoms with E-state index in [1.165, 1.54) is 12.8 Å². The maximum Gasteiger partial charge on any atom is 0.241 e. The molecule has 1 fully saturated rings. The number of piperidine rings is 1. The maximum atomic E-state index is 12.5. The van der Waals surface area contributed by atoms with E-state index >= 15 is 0 Å². The fraction of sp³-hybridized carbons (Fsp3) is 0.438. The zero-order valence-electron chi connectivity index (χ0n) is 12.9. The van der Waals surface area contributed by atoms with Crippen LogP contribution in [0.3, 0.4) is 0 Å². The summed E-state index contributed by atoms with van der Waals surface area (Å²) in [5.74, 6) is 0.561. The van der Waals surface area contributed by atoms with Crippen LogP contribution in [0, 0.1) is 5.92 Å². The highest BCUT2D eigenvalue weighted by atomic mass is 35.5. The Bertz CT molecular complexity index is 741. The van der Waals surface area contributed by atoms with Crippen molar-refractivity contribution < 1.29 is 8.42 Å². The number of halogens is 1. The molecule has 1 saturated heterocycles. The molecule has 0 spiro atoms. The lowest BCUT2D eigenvalue weighted by atomic mass is 9.96. The van der Waals surface area contributed by atoms with Crippen molar-refractivity contribution in [3.63, 3.8) is 0 Å². The van der Waals surface area contributed by atoms with E-state index in [0.717, 1.165) is 19.5 Å². The molecule has 1 aromatic heterocycles. The number of aromatic nitrogens is 1. The van der Waals surface area contributed by atoms with Gasteiger partial charge in [-0.1, -0.05) is 6.07 Å². The van der Waals surface area contributed by atoms with Crippen molar-refractivity contribution in [3.05, 3.63) is 36.5 Å². The van der Waals surface area contributed by atoms with Crippen LogP contribution in [0.15, 0.2) is 41.4 Å². The van der Waals surface area contributed by atoms with Crippen LogP contribution in [-0.2, 0) is 10.0 Å². The molecule has 1 aromatic carbocycles. The monoisotopic (exact) mass is 355 g/mol. The second-order valence-electron chi connectivity index (χ2n) is 5.73. The highest BCUT2D eigenvalue weighted by Crippen LogP contribution is 2.21. The first-order valence-corrected chi connectivity index (χ1v) is 9.19. The highest BCUT2D eigenvalue weighted by molar-refractivity contribution is 7.89. The average Bonchev–Trinajstić information content (AvgIpc) is 2.55. The minimum atomic E-state index is -3.50. The Morgan fingerprint density at radius 1 is 1.26 bits per heavy atom. The highest BCUT2D eigenvalue weighted by Gasteiger charge is 2.18. The Hall–Kier alpha value is -1.21. The number of sulfonamides is 1. The largest absolute Gasteiger partial charge is 0.316 e. The van der Waals surface area contributed by atoms with Crippen LogP contribution in [0.4, 0.5) is 0 Å². The summed E-state index contributed by atoms with van der Waals surface area (Å²) in [7, 11) is -3.50.